The Balaban J connectivity index is 2.89. The number of carbonyl (C=O) groups is 1. The maximum Gasteiger partial charge on any atom is 0.267 e. The Bertz CT molecular complexity index is 438. The molecule has 1 heterocycles. The van der Waals surface area contributed by atoms with Gasteiger partial charge >= 0.3 is 0 Å². The SMILES string of the molecule is CNCCNc1cc(C(N)=O)nc(N(C)CCNC)n1. The van der Waals surface area contributed by atoms with Gasteiger partial charge in [0.2, 0.25) is 5.95 Å². The summed E-state index contributed by atoms with van der Waals surface area (Å²) in [6.07, 6.45) is 0. The van der Waals surface area contributed by atoms with Crippen LogP contribution in [0, 0.1) is 0 Å². The van der Waals surface area contributed by atoms with Crippen molar-refractivity contribution >= 4 is 17.7 Å². The number of amides is 1. The van der Waals surface area contributed by atoms with E-state index in [4.69, 9.17) is 5.73 Å². The first-order valence-corrected chi connectivity index (χ1v) is 6.51. The molecule has 8 nitrogen and oxygen atoms in total. The number of hydrogen-bond donors (Lipinski definition) is 4. The predicted octanol–water partition coefficient (Wildman–Crippen LogP) is -1.14. The molecule has 0 aliphatic rings. The number of rotatable bonds is 9. The summed E-state index contributed by atoms with van der Waals surface area (Å²) in [5.41, 5.74) is 5.51. The lowest BCUT2D eigenvalue weighted by Gasteiger charge is -2.18. The number of anilines is 2. The number of likely N-dealkylation sites (N-methyl/N-ethyl adjacent to an activating group) is 3. The van der Waals surface area contributed by atoms with Crippen LogP contribution in [0.25, 0.3) is 0 Å². The van der Waals surface area contributed by atoms with Gasteiger partial charge in [0.05, 0.1) is 0 Å². The van der Waals surface area contributed by atoms with E-state index in [1.54, 1.807) is 6.07 Å². The first-order valence-electron chi connectivity index (χ1n) is 6.51. The Morgan fingerprint density at radius 3 is 2.55 bits per heavy atom. The van der Waals surface area contributed by atoms with E-state index in [1.807, 2.05) is 26.0 Å². The van der Waals surface area contributed by atoms with Gasteiger partial charge in [0.15, 0.2) is 0 Å². The normalized spacial score (nSPS) is 10.3. The summed E-state index contributed by atoms with van der Waals surface area (Å²) in [6.45, 7) is 3.02. The molecule has 0 spiro atoms. The van der Waals surface area contributed by atoms with Crippen molar-refractivity contribution in [3.63, 3.8) is 0 Å². The summed E-state index contributed by atoms with van der Waals surface area (Å²) >= 11 is 0. The second kappa shape index (κ2) is 8.28. The fourth-order valence-corrected chi connectivity index (χ4v) is 1.52. The van der Waals surface area contributed by atoms with Gasteiger partial charge in [-0.1, -0.05) is 0 Å². The van der Waals surface area contributed by atoms with Crippen molar-refractivity contribution < 1.29 is 4.79 Å². The topological polar surface area (TPSA) is 108 Å². The average molecular weight is 281 g/mol. The van der Waals surface area contributed by atoms with Crippen molar-refractivity contribution in [2.24, 2.45) is 5.73 Å². The van der Waals surface area contributed by atoms with E-state index < -0.39 is 5.91 Å². The molecule has 0 saturated heterocycles. The molecule has 5 N–H and O–H groups in total. The molecule has 0 atom stereocenters. The van der Waals surface area contributed by atoms with Gasteiger partial charge in [-0.15, -0.1) is 0 Å². The molecule has 1 aromatic rings. The van der Waals surface area contributed by atoms with Gasteiger partial charge in [0.1, 0.15) is 11.5 Å². The van der Waals surface area contributed by atoms with Crippen LogP contribution in [0.15, 0.2) is 6.07 Å². The summed E-state index contributed by atoms with van der Waals surface area (Å²) in [5.74, 6) is 0.506. The van der Waals surface area contributed by atoms with E-state index in [0.29, 0.717) is 18.3 Å². The summed E-state index contributed by atoms with van der Waals surface area (Å²) < 4.78 is 0. The third kappa shape index (κ3) is 4.98. The molecule has 0 saturated carbocycles. The van der Waals surface area contributed by atoms with Crippen LogP contribution >= 0.6 is 0 Å². The number of carbonyl (C=O) groups excluding carboxylic acids is 1. The molecule has 1 aromatic heterocycles. The Morgan fingerprint density at radius 1 is 1.25 bits per heavy atom. The highest BCUT2D eigenvalue weighted by Crippen LogP contribution is 2.12. The molecule has 0 radical (unpaired) electrons. The van der Waals surface area contributed by atoms with Gasteiger partial charge in [-0.05, 0) is 14.1 Å². The van der Waals surface area contributed by atoms with E-state index in [2.05, 4.69) is 25.9 Å². The maximum atomic E-state index is 11.3. The zero-order valence-electron chi connectivity index (χ0n) is 12.2. The molecule has 112 valence electrons. The molecular formula is C12H23N7O. The Kier molecular flexibility index (Phi) is 6.68. The van der Waals surface area contributed by atoms with Gasteiger partial charge in [0, 0.05) is 39.3 Å². The molecule has 0 aromatic carbocycles. The number of aromatic nitrogens is 2. The molecule has 0 fully saturated rings. The Hall–Kier alpha value is -1.93. The molecule has 0 aliphatic carbocycles. The highest BCUT2D eigenvalue weighted by Gasteiger charge is 2.11. The molecular weight excluding hydrogens is 258 g/mol. The molecule has 1 amide bonds. The predicted molar refractivity (Wildman–Crippen MR) is 80.2 cm³/mol. The van der Waals surface area contributed by atoms with Gasteiger partial charge in [-0.25, -0.2) is 4.98 Å². The van der Waals surface area contributed by atoms with Gasteiger partial charge in [0.25, 0.3) is 5.91 Å². The van der Waals surface area contributed by atoms with E-state index in [0.717, 1.165) is 19.6 Å². The molecule has 8 heteroatoms. The lowest BCUT2D eigenvalue weighted by molar-refractivity contribution is 0.0995. The van der Waals surface area contributed by atoms with Crippen LogP contribution in [0.5, 0.6) is 0 Å². The number of primary amides is 1. The van der Waals surface area contributed by atoms with Crippen LogP contribution < -0.4 is 26.6 Å². The molecule has 20 heavy (non-hydrogen) atoms. The van der Waals surface area contributed by atoms with Gasteiger partial charge in [-0.3, -0.25) is 4.79 Å². The van der Waals surface area contributed by atoms with Crippen LogP contribution in [0.2, 0.25) is 0 Å². The van der Waals surface area contributed by atoms with Gasteiger partial charge in [-0.2, -0.15) is 4.98 Å². The fourth-order valence-electron chi connectivity index (χ4n) is 1.52. The van der Waals surface area contributed by atoms with Crippen LogP contribution in [-0.4, -0.2) is 63.2 Å². The van der Waals surface area contributed by atoms with Crippen molar-refractivity contribution in [1.29, 1.82) is 0 Å². The molecule has 1 rings (SSSR count). The smallest absolute Gasteiger partial charge is 0.267 e. The zero-order chi connectivity index (χ0) is 15.0. The Morgan fingerprint density at radius 2 is 1.95 bits per heavy atom. The monoisotopic (exact) mass is 281 g/mol. The van der Waals surface area contributed by atoms with Crippen molar-refractivity contribution in [1.82, 2.24) is 20.6 Å². The van der Waals surface area contributed by atoms with Crippen LogP contribution in [0.4, 0.5) is 11.8 Å². The number of hydrogen-bond acceptors (Lipinski definition) is 7. The summed E-state index contributed by atoms with van der Waals surface area (Å²) in [5, 5.41) is 9.20. The van der Waals surface area contributed by atoms with Crippen molar-refractivity contribution in [3.05, 3.63) is 11.8 Å². The maximum absolute atomic E-state index is 11.3. The second-order valence-corrected chi connectivity index (χ2v) is 4.36. The highest BCUT2D eigenvalue weighted by molar-refractivity contribution is 5.91. The first-order chi connectivity index (χ1) is 9.58. The van der Waals surface area contributed by atoms with E-state index in [-0.39, 0.29) is 5.69 Å². The summed E-state index contributed by atoms with van der Waals surface area (Å²) in [4.78, 5) is 21.8. The first kappa shape index (κ1) is 16.1. The quantitative estimate of drug-likeness (QED) is 0.424. The number of nitrogens with two attached hydrogens (primary N) is 1. The standard InChI is InChI=1S/C12H23N7O/c1-14-4-5-16-10-8-9(11(13)20)17-12(18-10)19(3)7-6-15-2/h8,14-15H,4-7H2,1-3H3,(H2,13,20)(H,16,17,18). The molecule has 0 bridgehead atoms. The highest BCUT2D eigenvalue weighted by atomic mass is 16.1. The minimum absolute atomic E-state index is 0.207. The van der Waals surface area contributed by atoms with Crippen molar-refractivity contribution in [2.75, 3.05) is 57.5 Å². The Labute approximate surface area is 119 Å². The van der Waals surface area contributed by atoms with Crippen LogP contribution in [0.3, 0.4) is 0 Å². The average Bonchev–Trinajstić information content (AvgIpc) is 2.44. The molecule has 0 unspecified atom stereocenters. The third-order valence-corrected chi connectivity index (χ3v) is 2.69. The largest absolute Gasteiger partial charge is 0.369 e. The summed E-state index contributed by atoms with van der Waals surface area (Å²) in [6, 6.07) is 1.56. The number of nitrogens with zero attached hydrogens (tertiary/aromatic N) is 3. The number of nitrogens with one attached hydrogen (secondary N) is 3. The lowest BCUT2D eigenvalue weighted by atomic mass is 10.3. The minimum Gasteiger partial charge on any atom is -0.369 e. The van der Waals surface area contributed by atoms with Crippen molar-refractivity contribution in [3.8, 4) is 0 Å². The zero-order valence-corrected chi connectivity index (χ0v) is 12.2. The fraction of sp³-hybridized carbons (Fsp3) is 0.583. The second-order valence-electron chi connectivity index (χ2n) is 4.36. The van der Waals surface area contributed by atoms with E-state index in [1.165, 1.54) is 0 Å². The molecule has 0 aliphatic heterocycles. The van der Waals surface area contributed by atoms with Crippen molar-refractivity contribution in [2.45, 2.75) is 0 Å². The van der Waals surface area contributed by atoms with E-state index >= 15 is 0 Å². The minimum atomic E-state index is -0.563. The lowest BCUT2D eigenvalue weighted by Crippen LogP contribution is -2.29. The van der Waals surface area contributed by atoms with Gasteiger partial charge < -0.3 is 26.6 Å². The van der Waals surface area contributed by atoms with Crippen LogP contribution in [-0.2, 0) is 0 Å². The van der Waals surface area contributed by atoms with E-state index in [9.17, 15) is 4.79 Å². The van der Waals surface area contributed by atoms with Crippen LogP contribution in [0.1, 0.15) is 10.5 Å². The summed E-state index contributed by atoms with van der Waals surface area (Å²) in [7, 11) is 5.61. The third-order valence-electron chi connectivity index (χ3n) is 2.69.